The van der Waals surface area contributed by atoms with E-state index < -0.39 is 0 Å². The summed E-state index contributed by atoms with van der Waals surface area (Å²) >= 11 is 5.91. The number of nitrogen functional groups attached to an aromatic ring is 1. The molecule has 1 unspecified atom stereocenters. The first-order valence-corrected chi connectivity index (χ1v) is 6.89. The Bertz CT molecular complexity index is 410. The number of nitrogens with two attached hydrogens (primary N) is 1. The second-order valence-electron chi connectivity index (χ2n) is 4.91. The van der Waals surface area contributed by atoms with Gasteiger partial charge in [0.25, 0.3) is 0 Å². The molecular weight excluding hydrogens is 248 g/mol. The Kier molecular flexibility index (Phi) is 4.30. The molecule has 0 spiro atoms. The molecule has 2 N–H and O–H groups in total. The van der Waals surface area contributed by atoms with Crippen molar-refractivity contribution in [3.8, 4) is 0 Å². The summed E-state index contributed by atoms with van der Waals surface area (Å²) in [5.74, 6) is 0.931. The summed E-state index contributed by atoms with van der Waals surface area (Å²) in [6.45, 7) is 8.79. The molecule has 0 bridgehead atoms. The van der Waals surface area contributed by atoms with Gasteiger partial charge in [0.2, 0.25) is 0 Å². The third-order valence-electron chi connectivity index (χ3n) is 3.42. The monoisotopic (exact) mass is 268 g/mol. The summed E-state index contributed by atoms with van der Waals surface area (Å²) in [5, 5.41) is 0.524. The molecule has 0 aliphatic carbocycles. The molecule has 1 aromatic heterocycles. The predicted octanol–water partition coefficient (Wildman–Crippen LogP) is 2.24. The molecule has 5 heteroatoms. The van der Waals surface area contributed by atoms with Crippen molar-refractivity contribution in [1.29, 1.82) is 0 Å². The van der Waals surface area contributed by atoms with E-state index in [1.165, 1.54) is 13.0 Å². The van der Waals surface area contributed by atoms with Gasteiger partial charge in [0, 0.05) is 37.9 Å². The van der Waals surface area contributed by atoms with E-state index in [4.69, 9.17) is 17.3 Å². The molecule has 1 saturated heterocycles. The Morgan fingerprint density at radius 1 is 1.50 bits per heavy atom. The van der Waals surface area contributed by atoms with E-state index in [1.807, 2.05) is 6.07 Å². The van der Waals surface area contributed by atoms with Gasteiger partial charge in [0.15, 0.2) is 0 Å². The summed E-state index contributed by atoms with van der Waals surface area (Å²) in [4.78, 5) is 9.18. The molecule has 18 heavy (non-hydrogen) atoms. The third kappa shape index (κ3) is 2.87. The Labute approximate surface area is 114 Å². The SMILES string of the molecule is CCCN1CCN(c2cc(N)c(Cl)cn2)C(C)C1. The number of aromatic nitrogens is 1. The van der Waals surface area contributed by atoms with E-state index in [9.17, 15) is 0 Å². The molecule has 2 heterocycles. The van der Waals surface area contributed by atoms with Gasteiger partial charge in [-0.15, -0.1) is 0 Å². The minimum absolute atomic E-state index is 0.457. The third-order valence-corrected chi connectivity index (χ3v) is 3.73. The summed E-state index contributed by atoms with van der Waals surface area (Å²) in [6, 6.07) is 2.33. The molecule has 0 saturated carbocycles. The lowest BCUT2D eigenvalue weighted by atomic mass is 10.2. The van der Waals surface area contributed by atoms with E-state index in [1.54, 1.807) is 6.20 Å². The van der Waals surface area contributed by atoms with Crippen LogP contribution >= 0.6 is 11.6 Å². The molecule has 1 fully saturated rings. The molecule has 1 aliphatic heterocycles. The van der Waals surface area contributed by atoms with Crippen LogP contribution in [-0.4, -0.2) is 42.1 Å². The maximum absolute atomic E-state index is 5.91. The highest BCUT2D eigenvalue weighted by Crippen LogP contribution is 2.24. The van der Waals surface area contributed by atoms with Crippen molar-refractivity contribution < 1.29 is 0 Å². The minimum Gasteiger partial charge on any atom is -0.397 e. The van der Waals surface area contributed by atoms with Crippen molar-refractivity contribution in [2.75, 3.05) is 36.8 Å². The average molecular weight is 269 g/mol. The second kappa shape index (κ2) is 5.76. The maximum atomic E-state index is 5.91. The van der Waals surface area contributed by atoms with Crippen LogP contribution in [0.2, 0.25) is 5.02 Å². The van der Waals surface area contributed by atoms with Crippen LogP contribution in [0.5, 0.6) is 0 Å². The smallest absolute Gasteiger partial charge is 0.130 e. The minimum atomic E-state index is 0.457. The van der Waals surface area contributed by atoms with E-state index in [-0.39, 0.29) is 0 Å². The largest absolute Gasteiger partial charge is 0.397 e. The number of anilines is 2. The zero-order chi connectivity index (χ0) is 13.1. The van der Waals surface area contributed by atoms with Crippen LogP contribution in [0, 0.1) is 0 Å². The van der Waals surface area contributed by atoms with Gasteiger partial charge in [0.1, 0.15) is 5.82 Å². The summed E-state index contributed by atoms with van der Waals surface area (Å²) in [7, 11) is 0. The van der Waals surface area contributed by atoms with E-state index >= 15 is 0 Å². The Morgan fingerprint density at radius 2 is 2.28 bits per heavy atom. The van der Waals surface area contributed by atoms with E-state index in [2.05, 4.69) is 28.6 Å². The molecular formula is C13H21ClN4. The second-order valence-corrected chi connectivity index (χ2v) is 5.31. The van der Waals surface area contributed by atoms with Crippen LogP contribution in [0.3, 0.4) is 0 Å². The van der Waals surface area contributed by atoms with Crippen LogP contribution < -0.4 is 10.6 Å². The van der Waals surface area contributed by atoms with Crippen LogP contribution in [0.4, 0.5) is 11.5 Å². The van der Waals surface area contributed by atoms with Crippen molar-refractivity contribution >= 4 is 23.1 Å². The van der Waals surface area contributed by atoms with Gasteiger partial charge in [-0.3, -0.25) is 4.90 Å². The van der Waals surface area contributed by atoms with Crippen molar-refractivity contribution in [3.05, 3.63) is 17.3 Å². The topological polar surface area (TPSA) is 45.4 Å². The van der Waals surface area contributed by atoms with Crippen LogP contribution in [0.25, 0.3) is 0 Å². The molecule has 1 aromatic rings. The first-order chi connectivity index (χ1) is 8.61. The summed E-state index contributed by atoms with van der Waals surface area (Å²) < 4.78 is 0. The number of hydrogen-bond acceptors (Lipinski definition) is 4. The number of halogens is 1. The lowest BCUT2D eigenvalue weighted by Crippen LogP contribution is -2.52. The molecule has 2 rings (SSSR count). The Hall–Kier alpha value is -1.00. The van der Waals surface area contributed by atoms with Gasteiger partial charge in [0.05, 0.1) is 10.7 Å². The predicted molar refractivity (Wildman–Crippen MR) is 77.2 cm³/mol. The molecule has 100 valence electrons. The molecule has 0 amide bonds. The first-order valence-electron chi connectivity index (χ1n) is 6.51. The van der Waals surface area contributed by atoms with E-state index in [0.717, 1.165) is 25.5 Å². The number of rotatable bonds is 3. The van der Waals surface area contributed by atoms with Crippen molar-refractivity contribution in [2.45, 2.75) is 26.3 Å². The highest BCUT2D eigenvalue weighted by Gasteiger charge is 2.24. The molecule has 0 aromatic carbocycles. The van der Waals surface area contributed by atoms with Gasteiger partial charge in [-0.25, -0.2) is 4.98 Å². The zero-order valence-corrected chi connectivity index (χ0v) is 11.8. The fourth-order valence-electron chi connectivity index (χ4n) is 2.49. The van der Waals surface area contributed by atoms with Gasteiger partial charge in [-0.2, -0.15) is 0 Å². The maximum Gasteiger partial charge on any atom is 0.130 e. The number of piperazine rings is 1. The van der Waals surface area contributed by atoms with Crippen molar-refractivity contribution in [3.63, 3.8) is 0 Å². The first kappa shape index (κ1) is 13.4. The fourth-order valence-corrected chi connectivity index (χ4v) is 2.60. The molecule has 1 aliphatic rings. The lowest BCUT2D eigenvalue weighted by Gasteiger charge is -2.40. The average Bonchev–Trinajstić information content (AvgIpc) is 2.34. The quantitative estimate of drug-likeness (QED) is 0.913. The highest BCUT2D eigenvalue weighted by molar-refractivity contribution is 6.32. The van der Waals surface area contributed by atoms with Gasteiger partial charge in [-0.1, -0.05) is 18.5 Å². The van der Waals surface area contributed by atoms with Crippen LogP contribution in [0.15, 0.2) is 12.3 Å². The summed E-state index contributed by atoms with van der Waals surface area (Å²) in [5.41, 5.74) is 6.44. The molecule has 4 nitrogen and oxygen atoms in total. The normalized spacial score (nSPS) is 21.3. The number of pyridine rings is 1. The highest BCUT2D eigenvalue weighted by atomic mass is 35.5. The summed E-state index contributed by atoms with van der Waals surface area (Å²) in [6.07, 6.45) is 2.84. The van der Waals surface area contributed by atoms with Crippen molar-refractivity contribution in [1.82, 2.24) is 9.88 Å². The van der Waals surface area contributed by atoms with Gasteiger partial charge >= 0.3 is 0 Å². The lowest BCUT2D eigenvalue weighted by molar-refractivity contribution is 0.228. The zero-order valence-electron chi connectivity index (χ0n) is 11.1. The fraction of sp³-hybridized carbons (Fsp3) is 0.615. The van der Waals surface area contributed by atoms with Crippen LogP contribution in [-0.2, 0) is 0 Å². The van der Waals surface area contributed by atoms with Gasteiger partial charge in [-0.05, 0) is 19.9 Å². The Balaban J connectivity index is 2.08. The van der Waals surface area contributed by atoms with Gasteiger partial charge < -0.3 is 10.6 Å². The Morgan fingerprint density at radius 3 is 2.89 bits per heavy atom. The molecule has 0 radical (unpaired) electrons. The van der Waals surface area contributed by atoms with Crippen LogP contribution in [0.1, 0.15) is 20.3 Å². The number of nitrogens with zero attached hydrogens (tertiary/aromatic N) is 3. The van der Waals surface area contributed by atoms with Crippen molar-refractivity contribution in [2.24, 2.45) is 0 Å². The standard InChI is InChI=1S/C13H21ClN4/c1-3-4-17-5-6-18(10(2)9-17)13-7-12(15)11(14)8-16-13/h7-8,10H,3-6,9H2,1-2H3,(H2,15,16). The number of hydrogen-bond donors (Lipinski definition) is 1. The van der Waals surface area contributed by atoms with E-state index in [0.29, 0.717) is 16.8 Å². The molecule has 1 atom stereocenters.